The third kappa shape index (κ3) is 5.23. The predicted molar refractivity (Wildman–Crippen MR) is 93.9 cm³/mol. The molecule has 9 heteroatoms. The fourth-order valence-corrected chi connectivity index (χ4v) is 2.05. The summed E-state index contributed by atoms with van der Waals surface area (Å²) in [5, 5.41) is 6.57. The Kier molecular flexibility index (Phi) is 7.00. The number of aryl methyl sites for hydroxylation is 2. The number of halogens is 4. The van der Waals surface area contributed by atoms with Gasteiger partial charge in [0.1, 0.15) is 11.6 Å². The fraction of sp³-hybridized carbons (Fsp3) is 0.211. The van der Waals surface area contributed by atoms with Crippen molar-refractivity contribution in [2.24, 2.45) is 5.73 Å². The van der Waals surface area contributed by atoms with Crippen LogP contribution in [0.3, 0.4) is 0 Å². The molecule has 0 unspecified atom stereocenters. The van der Waals surface area contributed by atoms with Crippen LogP contribution in [0, 0.1) is 25.5 Å². The molecule has 0 fully saturated rings. The lowest BCUT2D eigenvalue weighted by Gasteiger charge is -1.99. The van der Waals surface area contributed by atoms with Gasteiger partial charge in [-0.25, -0.2) is 8.78 Å². The lowest BCUT2D eigenvalue weighted by molar-refractivity contribution is 0.100. The summed E-state index contributed by atoms with van der Waals surface area (Å²) in [5.41, 5.74) is 6.72. The molecule has 0 saturated heterocycles. The third-order valence-corrected chi connectivity index (χ3v) is 3.73. The highest BCUT2D eigenvalue weighted by Crippen LogP contribution is 2.24. The number of rotatable bonds is 4. The van der Waals surface area contributed by atoms with E-state index in [0.29, 0.717) is 16.7 Å². The van der Waals surface area contributed by atoms with E-state index in [2.05, 4.69) is 14.6 Å². The first-order valence-corrected chi connectivity index (χ1v) is 8.10. The normalized spacial score (nSPS) is 10.6. The number of ketones is 1. The summed E-state index contributed by atoms with van der Waals surface area (Å²) in [5.74, 6) is -1.94. The molecule has 0 aliphatic heterocycles. The van der Waals surface area contributed by atoms with Crippen molar-refractivity contribution in [2.75, 3.05) is 6.54 Å². The van der Waals surface area contributed by atoms with Gasteiger partial charge >= 0.3 is 6.43 Å². The van der Waals surface area contributed by atoms with Crippen LogP contribution < -0.4 is 5.73 Å². The van der Waals surface area contributed by atoms with Crippen molar-refractivity contribution in [1.29, 1.82) is 0 Å². The summed E-state index contributed by atoms with van der Waals surface area (Å²) in [6.45, 7) is 3.16. The van der Waals surface area contributed by atoms with Crippen LogP contribution in [0.4, 0.5) is 17.6 Å². The molecule has 0 aliphatic carbocycles. The lowest BCUT2D eigenvalue weighted by Crippen LogP contribution is -2.13. The number of hydrogen-bond donors (Lipinski definition) is 1. The molecule has 5 nitrogen and oxygen atoms in total. The zero-order valence-electron chi connectivity index (χ0n) is 15.0. The summed E-state index contributed by atoms with van der Waals surface area (Å²) in [7, 11) is 0. The Bertz CT molecular complexity index is 974. The minimum atomic E-state index is -2.82. The van der Waals surface area contributed by atoms with Crippen LogP contribution in [0.2, 0.25) is 0 Å². The Labute approximate surface area is 158 Å². The van der Waals surface area contributed by atoms with Crippen molar-refractivity contribution in [3.05, 3.63) is 70.6 Å². The Morgan fingerprint density at radius 3 is 2.14 bits per heavy atom. The first-order chi connectivity index (χ1) is 13.2. The van der Waals surface area contributed by atoms with Gasteiger partial charge in [0.15, 0.2) is 5.78 Å². The van der Waals surface area contributed by atoms with E-state index in [-0.39, 0.29) is 29.6 Å². The molecular formula is C19H17F4N3O2. The molecule has 3 rings (SSSR count). The van der Waals surface area contributed by atoms with Crippen molar-refractivity contribution in [2.45, 2.75) is 20.3 Å². The van der Waals surface area contributed by atoms with Crippen LogP contribution in [0.15, 0.2) is 40.8 Å². The van der Waals surface area contributed by atoms with Gasteiger partial charge in [0.05, 0.1) is 6.54 Å². The zero-order chi connectivity index (χ0) is 20.8. The number of carbonyl (C=O) groups is 1. The lowest BCUT2D eigenvalue weighted by atomic mass is 10.1. The Morgan fingerprint density at radius 2 is 1.64 bits per heavy atom. The van der Waals surface area contributed by atoms with Gasteiger partial charge in [-0.2, -0.15) is 8.78 Å². The Balaban J connectivity index is 0.000000209. The van der Waals surface area contributed by atoms with Crippen molar-refractivity contribution in [3.8, 4) is 11.5 Å². The van der Waals surface area contributed by atoms with Gasteiger partial charge in [-0.15, -0.1) is 10.2 Å². The fourth-order valence-electron chi connectivity index (χ4n) is 2.05. The van der Waals surface area contributed by atoms with Crippen LogP contribution in [-0.4, -0.2) is 22.5 Å². The first kappa shape index (κ1) is 21.2. The van der Waals surface area contributed by atoms with Crippen LogP contribution in [0.25, 0.3) is 11.5 Å². The molecule has 0 amide bonds. The average Bonchev–Trinajstić information content (AvgIpc) is 3.16. The largest absolute Gasteiger partial charge is 0.415 e. The van der Waals surface area contributed by atoms with Gasteiger partial charge in [0, 0.05) is 11.1 Å². The van der Waals surface area contributed by atoms with E-state index >= 15 is 0 Å². The molecular weight excluding hydrogens is 378 g/mol. The SMILES string of the molecule is Cc1ccc(-c2nnc(C(F)F)o2)cc1F.Cc1ccc(C(=O)CN)cc1F. The standard InChI is InChI=1S/C10H7F3N2O.C9H10FNO/c1-5-2-3-6(4-7(5)11)9-14-15-10(16-9)8(12)13;1-6-2-3-7(4-8(6)10)9(12)5-11/h2-4,8H,1H3;2-4H,5,11H2,1H3. The average molecular weight is 395 g/mol. The summed E-state index contributed by atoms with van der Waals surface area (Å²) in [6.07, 6.45) is -2.82. The number of nitrogens with zero attached hydrogens (tertiary/aromatic N) is 2. The van der Waals surface area contributed by atoms with Crippen LogP contribution in [0.5, 0.6) is 0 Å². The second kappa shape index (κ2) is 9.23. The Hall–Kier alpha value is -3.07. The van der Waals surface area contributed by atoms with Gasteiger partial charge in [0.25, 0.3) is 5.89 Å². The topological polar surface area (TPSA) is 82.0 Å². The van der Waals surface area contributed by atoms with Gasteiger partial charge in [-0.3, -0.25) is 4.79 Å². The molecule has 1 heterocycles. The van der Waals surface area contributed by atoms with Crippen molar-refractivity contribution >= 4 is 5.78 Å². The second-order valence-corrected chi connectivity index (χ2v) is 5.80. The molecule has 3 aromatic rings. The second-order valence-electron chi connectivity index (χ2n) is 5.80. The molecule has 148 valence electrons. The van der Waals surface area contributed by atoms with E-state index in [1.165, 1.54) is 18.2 Å². The van der Waals surface area contributed by atoms with Gasteiger partial charge in [-0.05, 0) is 43.2 Å². The summed E-state index contributed by atoms with van der Waals surface area (Å²) in [6, 6.07) is 8.56. The number of Topliss-reactive ketones (excluding diaryl/α,β-unsaturated/α-hetero) is 1. The van der Waals surface area contributed by atoms with Gasteiger partial charge in [-0.1, -0.05) is 18.2 Å². The quantitative estimate of drug-likeness (QED) is 0.523. The molecule has 0 aliphatic rings. The van der Waals surface area contributed by atoms with E-state index < -0.39 is 18.1 Å². The minimum absolute atomic E-state index is 0.0809. The third-order valence-electron chi connectivity index (χ3n) is 3.73. The van der Waals surface area contributed by atoms with E-state index in [1.54, 1.807) is 26.0 Å². The van der Waals surface area contributed by atoms with Gasteiger partial charge < -0.3 is 10.2 Å². The minimum Gasteiger partial charge on any atom is -0.415 e. The van der Waals surface area contributed by atoms with Crippen molar-refractivity contribution in [3.63, 3.8) is 0 Å². The van der Waals surface area contributed by atoms with E-state index in [0.717, 1.165) is 6.07 Å². The van der Waals surface area contributed by atoms with Crippen LogP contribution >= 0.6 is 0 Å². The molecule has 0 radical (unpaired) electrons. The summed E-state index contributed by atoms with van der Waals surface area (Å²) < 4.78 is 55.1. The summed E-state index contributed by atoms with van der Waals surface area (Å²) >= 11 is 0. The van der Waals surface area contributed by atoms with E-state index in [9.17, 15) is 22.4 Å². The monoisotopic (exact) mass is 395 g/mol. The molecule has 0 atom stereocenters. The smallest absolute Gasteiger partial charge is 0.314 e. The number of hydrogen-bond acceptors (Lipinski definition) is 5. The number of benzene rings is 2. The number of alkyl halides is 2. The molecule has 2 aromatic carbocycles. The highest BCUT2D eigenvalue weighted by molar-refractivity contribution is 5.97. The first-order valence-electron chi connectivity index (χ1n) is 8.10. The molecule has 28 heavy (non-hydrogen) atoms. The summed E-state index contributed by atoms with van der Waals surface area (Å²) in [4.78, 5) is 11.0. The van der Waals surface area contributed by atoms with Crippen LogP contribution in [-0.2, 0) is 0 Å². The zero-order valence-corrected chi connectivity index (χ0v) is 15.0. The van der Waals surface area contributed by atoms with Crippen molar-refractivity contribution in [1.82, 2.24) is 10.2 Å². The molecule has 0 saturated carbocycles. The number of carbonyl (C=O) groups excluding carboxylic acids is 1. The van der Waals surface area contributed by atoms with E-state index in [1.807, 2.05) is 0 Å². The maximum Gasteiger partial charge on any atom is 0.314 e. The highest BCUT2D eigenvalue weighted by Gasteiger charge is 2.17. The maximum absolute atomic E-state index is 13.2. The molecule has 1 aromatic heterocycles. The molecule has 0 spiro atoms. The number of nitrogens with two attached hydrogens (primary N) is 1. The molecule has 2 N–H and O–H groups in total. The molecule has 0 bridgehead atoms. The predicted octanol–water partition coefficient (Wildman–Crippen LogP) is 4.40. The highest BCUT2D eigenvalue weighted by atomic mass is 19.3. The maximum atomic E-state index is 13.2. The van der Waals surface area contributed by atoms with Crippen molar-refractivity contribution < 1.29 is 26.8 Å². The van der Waals surface area contributed by atoms with Gasteiger partial charge in [0.2, 0.25) is 5.89 Å². The van der Waals surface area contributed by atoms with Crippen LogP contribution in [0.1, 0.15) is 33.8 Å². The number of aromatic nitrogens is 2. The Morgan fingerprint density at radius 1 is 1.04 bits per heavy atom. The van der Waals surface area contributed by atoms with E-state index in [4.69, 9.17) is 5.73 Å².